The van der Waals surface area contributed by atoms with Crippen LogP contribution < -0.4 is 4.74 Å². The lowest BCUT2D eigenvalue weighted by molar-refractivity contribution is 0.0909. The molecule has 1 aliphatic rings. The molecule has 28 heavy (non-hydrogen) atoms. The van der Waals surface area contributed by atoms with E-state index in [0.717, 1.165) is 43.0 Å². The normalized spacial score (nSPS) is 15.3. The van der Waals surface area contributed by atoms with E-state index in [0.29, 0.717) is 12.5 Å². The third-order valence-electron chi connectivity index (χ3n) is 5.38. The monoisotopic (exact) mass is 371 g/mol. The lowest BCUT2D eigenvalue weighted by Gasteiger charge is -2.31. The molecule has 1 heterocycles. The van der Waals surface area contributed by atoms with Crippen molar-refractivity contribution in [2.45, 2.75) is 18.8 Å². The van der Waals surface area contributed by atoms with Gasteiger partial charge in [0, 0.05) is 5.56 Å². The van der Waals surface area contributed by atoms with Gasteiger partial charge < -0.3 is 4.74 Å². The highest BCUT2D eigenvalue weighted by Crippen LogP contribution is 2.30. The minimum Gasteiger partial charge on any atom is -0.457 e. The topological polar surface area (TPSA) is 29.5 Å². The van der Waals surface area contributed by atoms with E-state index in [4.69, 9.17) is 4.74 Å². The Morgan fingerprint density at radius 1 is 0.786 bits per heavy atom. The molecule has 142 valence electrons. The van der Waals surface area contributed by atoms with Crippen LogP contribution in [0.15, 0.2) is 84.9 Å². The van der Waals surface area contributed by atoms with Crippen LogP contribution in [0.1, 0.15) is 34.7 Å². The Bertz CT molecular complexity index is 883. The number of carbonyl (C=O) groups is 1. The maximum atomic E-state index is 12.4. The Morgan fingerprint density at radius 3 is 2.00 bits per heavy atom. The van der Waals surface area contributed by atoms with Crippen molar-refractivity contribution in [3.05, 3.63) is 96.1 Å². The zero-order chi connectivity index (χ0) is 19.2. The molecule has 0 N–H and O–H groups in total. The zero-order valence-corrected chi connectivity index (χ0v) is 16.0. The van der Waals surface area contributed by atoms with Crippen LogP contribution in [0.25, 0.3) is 0 Å². The number of piperidine rings is 1. The number of rotatable bonds is 6. The van der Waals surface area contributed by atoms with Gasteiger partial charge in [-0.3, -0.25) is 9.69 Å². The van der Waals surface area contributed by atoms with E-state index in [-0.39, 0.29) is 5.78 Å². The molecule has 4 rings (SSSR count). The van der Waals surface area contributed by atoms with Gasteiger partial charge in [-0.05, 0) is 61.7 Å². The average Bonchev–Trinajstić information content (AvgIpc) is 2.76. The molecule has 0 atom stereocenters. The van der Waals surface area contributed by atoms with Crippen molar-refractivity contribution < 1.29 is 9.53 Å². The molecule has 3 aromatic rings. The molecule has 0 amide bonds. The summed E-state index contributed by atoms with van der Waals surface area (Å²) in [5.41, 5.74) is 2.16. The van der Waals surface area contributed by atoms with E-state index in [1.807, 2.05) is 72.8 Å². The molecule has 3 heteroatoms. The molecule has 0 aliphatic carbocycles. The summed E-state index contributed by atoms with van der Waals surface area (Å²) < 4.78 is 5.88. The summed E-state index contributed by atoms with van der Waals surface area (Å²) in [5, 5.41) is 0. The van der Waals surface area contributed by atoms with Gasteiger partial charge >= 0.3 is 0 Å². The third-order valence-corrected chi connectivity index (χ3v) is 5.38. The van der Waals surface area contributed by atoms with Crippen molar-refractivity contribution in [1.29, 1.82) is 0 Å². The minimum absolute atomic E-state index is 0.210. The van der Waals surface area contributed by atoms with Gasteiger partial charge in [-0.1, -0.05) is 60.7 Å². The maximum absolute atomic E-state index is 12.4. The van der Waals surface area contributed by atoms with Gasteiger partial charge in [-0.15, -0.1) is 0 Å². The van der Waals surface area contributed by atoms with Crippen molar-refractivity contribution in [1.82, 2.24) is 4.90 Å². The average molecular weight is 371 g/mol. The van der Waals surface area contributed by atoms with Gasteiger partial charge in [-0.25, -0.2) is 0 Å². The summed E-state index contributed by atoms with van der Waals surface area (Å²) in [6, 6.07) is 27.9. The maximum Gasteiger partial charge on any atom is 0.176 e. The second kappa shape index (κ2) is 8.85. The Hall–Kier alpha value is -2.91. The fraction of sp³-hybridized carbons (Fsp3) is 0.240. The Labute approximate surface area is 166 Å². The highest BCUT2D eigenvalue weighted by atomic mass is 16.5. The molecule has 0 aromatic heterocycles. The lowest BCUT2D eigenvalue weighted by Crippen LogP contribution is -2.36. The summed E-state index contributed by atoms with van der Waals surface area (Å²) in [6.45, 7) is 2.44. The van der Waals surface area contributed by atoms with Gasteiger partial charge in [0.1, 0.15) is 11.5 Å². The van der Waals surface area contributed by atoms with Crippen molar-refractivity contribution in [2.75, 3.05) is 19.6 Å². The second-order valence-corrected chi connectivity index (χ2v) is 7.32. The molecule has 0 radical (unpaired) electrons. The van der Waals surface area contributed by atoms with Crippen molar-refractivity contribution in [3.8, 4) is 11.5 Å². The number of nitrogens with zero attached hydrogens (tertiary/aromatic N) is 1. The number of ketones is 1. The van der Waals surface area contributed by atoms with Crippen LogP contribution in [0.4, 0.5) is 0 Å². The Morgan fingerprint density at radius 2 is 1.36 bits per heavy atom. The molecule has 0 saturated carbocycles. The Balaban J connectivity index is 1.29. The summed E-state index contributed by atoms with van der Waals surface area (Å²) in [5.74, 6) is 2.47. The smallest absolute Gasteiger partial charge is 0.176 e. The first kappa shape index (κ1) is 18.5. The summed E-state index contributed by atoms with van der Waals surface area (Å²) in [6.07, 6.45) is 2.17. The van der Waals surface area contributed by atoms with E-state index in [2.05, 4.69) is 17.0 Å². The number of benzene rings is 3. The van der Waals surface area contributed by atoms with Crippen LogP contribution in [0, 0.1) is 0 Å². The highest BCUT2D eigenvalue weighted by molar-refractivity contribution is 5.97. The molecular formula is C25H25NO2. The standard InChI is InChI=1S/C25H25NO2/c27-25(22-7-3-1-4-8-22)19-26-17-15-21(16-18-26)20-11-13-24(14-12-20)28-23-9-5-2-6-10-23/h1-14,21H,15-19H2. The van der Waals surface area contributed by atoms with E-state index in [9.17, 15) is 4.79 Å². The minimum atomic E-state index is 0.210. The SMILES string of the molecule is O=C(CN1CCC(c2ccc(Oc3ccccc3)cc2)CC1)c1ccccc1. The van der Waals surface area contributed by atoms with Crippen molar-refractivity contribution >= 4 is 5.78 Å². The van der Waals surface area contributed by atoms with Crippen LogP contribution in [-0.4, -0.2) is 30.3 Å². The van der Waals surface area contributed by atoms with E-state index >= 15 is 0 Å². The molecule has 1 fully saturated rings. The number of likely N-dealkylation sites (tertiary alicyclic amines) is 1. The highest BCUT2D eigenvalue weighted by Gasteiger charge is 2.22. The van der Waals surface area contributed by atoms with Crippen molar-refractivity contribution in [3.63, 3.8) is 0 Å². The molecule has 0 bridgehead atoms. The van der Waals surface area contributed by atoms with Crippen LogP contribution >= 0.6 is 0 Å². The molecular weight excluding hydrogens is 346 g/mol. The van der Waals surface area contributed by atoms with Gasteiger partial charge in [0.25, 0.3) is 0 Å². The fourth-order valence-electron chi connectivity index (χ4n) is 3.78. The van der Waals surface area contributed by atoms with Crippen LogP contribution in [0.5, 0.6) is 11.5 Å². The fourth-order valence-corrected chi connectivity index (χ4v) is 3.78. The molecule has 3 nitrogen and oxygen atoms in total. The molecule has 0 spiro atoms. The largest absolute Gasteiger partial charge is 0.457 e. The second-order valence-electron chi connectivity index (χ2n) is 7.32. The molecule has 1 saturated heterocycles. The van der Waals surface area contributed by atoms with Gasteiger partial charge in [0.15, 0.2) is 5.78 Å². The van der Waals surface area contributed by atoms with Gasteiger partial charge in [0.2, 0.25) is 0 Å². The van der Waals surface area contributed by atoms with Crippen molar-refractivity contribution in [2.24, 2.45) is 0 Å². The first-order chi connectivity index (χ1) is 13.8. The van der Waals surface area contributed by atoms with E-state index in [1.165, 1.54) is 5.56 Å². The number of carbonyl (C=O) groups excluding carboxylic acids is 1. The molecule has 1 aliphatic heterocycles. The summed E-state index contributed by atoms with van der Waals surface area (Å²) >= 11 is 0. The molecule has 3 aromatic carbocycles. The first-order valence-electron chi connectivity index (χ1n) is 9.91. The lowest BCUT2D eigenvalue weighted by atomic mass is 9.89. The van der Waals surface area contributed by atoms with Crippen LogP contribution in [-0.2, 0) is 0 Å². The molecule has 0 unspecified atom stereocenters. The predicted octanol–water partition coefficient (Wildman–Crippen LogP) is 5.54. The zero-order valence-electron chi connectivity index (χ0n) is 16.0. The Kier molecular flexibility index (Phi) is 5.83. The number of Topliss-reactive ketones (excluding diaryl/α,β-unsaturated/α-hetero) is 1. The summed E-state index contributed by atoms with van der Waals surface area (Å²) in [4.78, 5) is 14.7. The number of ether oxygens (including phenoxy) is 1. The number of hydrogen-bond acceptors (Lipinski definition) is 3. The van der Waals surface area contributed by atoms with E-state index < -0.39 is 0 Å². The predicted molar refractivity (Wildman–Crippen MR) is 112 cm³/mol. The number of hydrogen-bond donors (Lipinski definition) is 0. The summed E-state index contributed by atoms with van der Waals surface area (Å²) in [7, 11) is 0. The van der Waals surface area contributed by atoms with E-state index in [1.54, 1.807) is 0 Å². The van der Waals surface area contributed by atoms with Crippen LogP contribution in [0.2, 0.25) is 0 Å². The first-order valence-corrected chi connectivity index (χ1v) is 9.91. The van der Waals surface area contributed by atoms with Gasteiger partial charge in [0.05, 0.1) is 6.54 Å². The third kappa shape index (κ3) is 4.68. The van der Waals surface area contributed by atoms with Gasteiger partial charge in [-0.2, -0.15) is 0 Å². The van der Waals surface area contributed by atoms with Crippen LogP contribution in [0.3, 0.4) is 0 Å². The number of para-hydroxylation sites is 1. The quantitative estimate of drug-likeness (QED) is 0.533.